The number of para-hydroxylation sites is 1. The van der Waals surface area contributed by atoms with Gasteiger partial charge in [-0.2, -0.15) is 0 Å². The predicted octanol–water partition coefficient (Wildman–Crippen LogP) is 0.438. The zero-order chi connectivity index (χ0) is 13.1. The quantitative estimate of drug-likeness (QED) is 0.809. The summed E-state index contributed by atoms with van der Waals surface area (Å²) >= 11 is 0. The van der Waals surface area contributed by atoms with Crippen LogP contribution in [0.25, 0.3) is 5.69 Å². The maximum atomic E-state index is 12.4. The highest BCUT2D eigenvalue weighted by Crippen LogP contribution is 2.12. The lowest BCUT2D eigenvalue weighted by atomic mass is 10.1. The Morgan fingerprint density at radius 3 is 2.95 bits per heavy atom. The third-order valence-corrected chi connectivity index (χ3v) is 3.02. The third-order valence-electron chi connectivity index (χ3n) is 3.02. The van der Waals surface area contributed by atoms with Gasteiger partial charge in [-0.25, -0.2) is 4.68 Å². The van der Waals surface area contributed by atoms with Crippen LogP contribution >= 0.6 is 0 Å². The van der Waals surface area contributed by atoms with Gasteiger partial charge in [-0.15, -0.1) is 5.10 Å². The number of ketones is 1. The number of carbonyl (C=O) groups is 1. The van der Waals surface area contributed by atoms with E-state index in [-0.39, 0.29) is 5.78 Å². The number of Topliss-reactive ketones (excluding diaryl/α,β-unsaturated/α-hetero) is 1. The first-order chi connectivity index (χ1) is 9.36. The van der Waals surface area contributed by atoms with Crippen LogP contribution in [0.2, 0.25) is 0 Å². The van der Waals surface area contributed by atoms with Gasteiger partial charge < -0.3 is 10.1 Å². The molecule has 6 heteroatoms. The summed E-state index contributed by atoms with van der Waals surface area (Å²) in [6.45, 7) is 1.85. The molecule has 1 aromatic carbocycles. The van der Waals surface area contributed by atoms with Crippen LogP contribution < -0.4 is 5.32 Å². The van der Waals surface area contributed by atoms with Crippen LogP contribution in [-0.2, 0) is 4.74 Å². The zero-order valence-corrected chi connectivity index (χ0v) is 10.3. The second-order valence-electron chi connectivity index (χ2n) is 4.29. The molecule has 1 unspecified atom stereocenters. The normalized spacial score (nSPS) is 19.3. The maximum absolute atomic E-state index is 12.4. The number of hydrogen-bond acceptors (Lipinski definition) is 5. The van der Waals surface area contributed by atoms with Crippen molar-refractivity contribution >= 4 is 5.78 Å². The lowest BCUT2D eigenvalue weighted by Gasteiger charge is -2.22. The fraction of sp³-hybridized carbons (Fsp3) is 0.308. The smallest absolute Gasteiger partial charge is 0.212 e. The van der Waals surface area contributed by atoms with Gasteiger partial charge >= 0.3 is 0 Å². The summed E-state index contributed by atoms with van der Waals surface area (Å²) in [5, 5.41) is 10.9. The minimum absolute atomic E-state index is 0.0962. The first kappa shape index (κ1) is 12.0. The third kappa shape index (κ3) is 2.40. The molecule has 1 N–H and O–H groups in total. The van der Waals surface area contributed by atoms with E-state index in [9.17, 15) is 4.79 Å². The van der Waals surface area contributed by atoms with Crippen LogP contribution in [-0.4, -0.2) is 46.6 Å². The topological polar surface area (TPSA) is 69.0 Å². The molecule has 0 bridgehead atoms. The van der Waals surface area contributed by atoms with Crippen LogP contribution in [0.15, 0.2) is 36.5 Å². The second-order valence-corrected chi connectivity index (χ2v) is 4.29. The highest BCUT2D eigenvalue weighted by atomic mass is 16.5. The first-order valence-electron chi connectivity index (χ1n) is 6.19. The Morgan fingerprint density at radius 1 is 1.37 bits per heavy atom. The van der Waals surface area contributed by atoms with E-state index in [0.29, 0.717) is 18.8 Å². The lowest BCUT2D eigenvalue weighted by molar-refractivity contribution is 0.0263. The molecule has 98 valence electrons. The Labute approximate surface area is 110 Å². The van der Waals surface area contributed by atoms with Crippen molar-refractivity contribution in [2.24, 2.45) is 0 Å². The molecule has 0 aliphatic carbocycles. The highest BCUT2D eigenvalue weighted by molar-refractivity contribution is 5.98. The fourth-order valence-electron chi connectivity index (χ4n) is 2.06. The van der Waals surface area contributed by atoms with Crippen LogP contribution in [0.1, 0.15) is 10.5 Å². The molecule has 1 fully saturated rings. The molecule has 0 spiro atoms. The summed E-state index contributed by atoms with van der Waals surface area (Å²) in [5.74, 6) is -0.0962. The highest BCUT2D eigenvalue weighted by Gasteiger charge is 2.26. The molecule has 2 heterocycles. The van der Waals surface area contributed by atoms with Crippen molar-refractivity contribution < 1.29 is 9.53 Å². The summed E-state index contributed by atoms with van der Waals surface area (Å²) in [5.41, 5.74) is 1.26. The average Bonchev–Trinajstić information content (AvgIpc) is 2.98. The predicted molar refractivity (Wildman–Crippen MR) is 68.3 cm³/mol. The molecule has 1 aromatic heterocycles. The van der Waals surface area contributed by atoms with Gasteiger partial charge in [-0.1, -0.05) is 23.4 Å². The van der Waals surface area contributed by atoms with Gasteiger partial charge in [0.25, 0.3) is 0 Å². The Hall–Kier alpha value is -2.05. The SMILES string of the molecule is O=C(c1cnnn1-c1ccccc1)C1CNCCO1. The van der Waals surface area contributed by atoms with E-state index < -0.39 is 6.10 Å². The number of aromatic nitrogens is 3. The molecular formula is C13H14N4O2. The summed E-state index contributed by atoms with van der Waals surface area (Å²) in [7, 11) is 0. The molecule has 0 saturated carbocycles. The Kier molecular flexibility index (Phi) is 3.35. The van der Waals surface area contributed by atoms with E-state index in [1.807, 2.05) is 30.3 Å². The Bertz CT molecular complexity index is 561. The van der Waals surface area contributed by atoms with Gasteiger partial charge in [0.15, 0.2) is 0 Å². The van der Waals surface area contributed by atoms with Crippen molar-refractivity contribution in [3.05, 3.63) is 42.2 Å². The lowest BCUT2D eigenvalue weighted by Crippen LogP contribution is -2.43. The molecule has 6 nitrogen and oxygen atoms in total. The van der Waals surface area contributed by atoms with Crippen LogP contribution in [0, 0.1) is 0 Å². The monoisotopic (exact) mass is 258 g/mol. The van der Waals surface area contributed by atoms with Crippen molar-refractivity contribution in [2.75, 3.05) is 19.7 Å². The van der Waals surface area contributed by atoms with Gasteiger partial charge in [-0.3, -0.25) is 4.79 Å². The molecule has 1 aliphatic heterocycles. The van der Waals surface area contributed by atoms with E-state index in [1.54, 1.807) is 4.68 Å². The molecule has 0 radical (unpaired) electrons. The van der Waals surface area contributed by atoms with Crippen molar-refractivity contribution in [3.8, 4) is 5.69 Å². The molecular weight excluding hydrogens is 244 g/mol. The Morgan fingerprint density at radius 2 is 2.21 bits per heavy atom. The summed E-state index contributed by atoms with van der Waals surface area (Å²) in [4.78, 5) is 12.4. The number of nitrogens with one attached hydrogen (secondary N) is 1. The minimum Gasteiger partial charge on any atom is -0.367 e. The first-order valence-corrected chi connectivity index (χ1v) is 6.19. The second kappa shape index (κ2) is 5.29. The van der Waals surface area contributed by atoms with Gasteiger partial charge in [0, 0.05) is 13.1 Å². The van der Waals surface area contributed by atoms with E-state index in [0.717, 1.165) is 12.2 Å². The van der Waals surface area contributed by atoms with Crippen molar-refractivity contribution in [1.29, 1.82) is 0 Å². The van der Waals surface area contributed by atoms with Gasteiger partial charge in [-0.05, 0) is 12.1 Å². The fourth-order valence-corrected chi connectivity index (χ4v) is 2.06. The summed E-state index contributed by atoms with van der Waals surface area (Å²) < 4.78 is 7.02. The summed E-state index contributed by atoms with van der Waals surface area (Å²) in [6.07, 6.45) is 1.02. The Balaban J connectivity index is 1.89. The number of hydrogen-bond donors (Lipinski definition) is 1. The number of nitrogens with zero attached hydrogens (tertiary/aromatic N) is 3. The van der Waals surface area contributed by atoms with E-state index >= 15 is 0 Å². The van der Waals surface area contributed by atoms with Crippen molar-refractivity contribution in [3.63, 3.8) is 0 Å². The molecule has 1 atom stereocenters. The number of rotatable bonds is 3. The van der Waals surface area contributed by atoms with Crippen LogP contribution in [0.3, 0.4) is 0 Å². The molecule has 1 saturated heterocycles. The number of ether oxygens (including phenoxy) is 1. The minimum atomic E-state index is -0.463. The van der Waals surface area contributed by atoms with Crippen molar-refractivity contribution in [2.45, 2.75) is 6.10 Å². The number of carbonyl (C=O) groups excluding carboxylic acids is 1. The largest absolute Gasteiger partial charge is 0.367 e. The van der Waals surface area contributed by atoms with Gasteiger partial charge in [0.05, 0.1) is 18.5 Å². The average molecular weight is 258 g/mol. The molecule has 19 heavy (non-hydrogen) atoms. The van der Waals surface area contributed by atoms with E-state index in [4.69, 9.17) is 4.74 Å². The van der Waals surface area contributed by atoms with Gasteiger partial charge in [0.2, 0.25) is 5.78 Å². The van der Waals surface area contributed by atoms with Crippen LogP contribution in [0.4, 0.5) is 0 Å². The van der Waals surface area contributed by atoms with Crippen LogP contribution in [0.5, 0.6) is 0 Å². The van der Waals surface area contributed by atoms with Gasteiger partial charge in [0.1, 0.15) is 11.8 Å². The maximum Gasteiger partial charge on any atom is 0.212 e. The summed E-state index contributed by atoms with van der Waals surface area (Å²) in [6, 6.07) is 9.46. The number of morpholine rings is 1. The number of benzene rings is 1. The molecule has 3 rings (SSSR count). The molecule has 0 amide bonds. The molecule has 2 aromatic rings. The van der Waals surface area contributed by atoms with E-state index in [1.165, 1.54) is 6.20 Å². The molecule has 1 aliphatic rings. The zero-order valence-electron chi connectivity index (χ0n) is 10.3. The van der Waals surface area contributed by atoms with E-state index in [2.05, 4.69) is 15.6 Å². The standard InChI is InChI=1S/C13H14N4O2/c18-13(12-9-14-6-7-19-12)11-8-15-16-17(11)10-4-2-1-3-5-10/h1-5,8,12,14H,6-7,9H2. The van der Waals surface area contributed by atoms with Crippen molar-refractivity contribution in [1.82, 2.24) is 20.3 Å².